The Balaban J connectivity index is 1.54. The van der Waals surface area contributed by atoms with Crippen molar-refractivity contribution >= 4 is 11.6 Å². The maximum absolute atomic E-state index is 12.9. The summed E-state index contributed by atoms with van der Waals surface area (Å²) in [4.78, 5) is 16.4. The van der Waals surface area contributed by atoms with E-state index in [1.165, 1.54) is 12.1 Å². The number of rotatable bonds is 3. The molecule has 3 rings (SSSR count). The van der Waals surface area contributed by atoms with Crippen LogP contribution in [0.3, 0.4) is 0 Å². The normalized spacial score (nSPS) is 14.8. The maximum Gasteiger partial charge on any atom is 0.227 e. The Labute approximate surface area is 134 Å². The number of carbonyl (C=O) groups is 1. The van der Waals surface area contributed by atoms with E-state index in [4.69, 9.17) is 0 Å². The smallest absolute Gasteiger partial charge is 0.227 e. The fourth-order valence-electron chi connectivity index (χ4n) is 2.77. The Morgan fingerprint density at radius 2 is 1.57 bits per heavy atom. The van der Waals surface area contributed by atoms with Crippen LogP contribution in [0.5, 0.6) is 5.75 Å². The fraction of sp³-hybridized carbons (Fsp3) is 0.278. The van der Waals surface area contributed by atoms with Crippen LogP contribution in [0.15, 0.2) is 48.5 Å². The molecular weight excluding hydrogens is 295 g/mol. The first-order valence-corrected chi connectivity index (χ1v) is 7.68. The molecule has 1 fully saturated rings. The zero-order valence-electron chi connectivity index (χ0n) is 12.8. The minimum absolute atomic E-state index is 0.0713. The van der Waals surface area contributed by atoms with E-state index in [0.717, 1.165) is 24.3 Å². The number of halogens is 1. The molecule has 0 radical (unpaired) electrons. The number of aromatic hydroxyl groups is 1. The minimum atomic E-state index is -0.288. The van der Waals surface area contributed by atoms with E-state index in [-0.39, 0.29) is 17.5 Å². The van der Waals surface area contributed by atoms with Gasteiger partial charge in [-0.2, -0.15) is 0 Å². The summed E-state index contributed by atoms with van der Waals surface area (Å²) < 4.78 is 12.9. The van der Waals surface area contributed by atoms with Crippen LogP contribution in [0, 0.1) is 5.82 Å². The van der Waals surface area contributed by atoms with Crippen LogP contribution in [0.4, 0.5) is 10.1 Å². The van der Waals surface area contributed by atoms with E-state index >= 15 is 0 Å². The van der Waals surface area contributed by atoms with Gasteiger partial charge in [-0.05, 0) is 42.0 Å². The highest BCUT2D eigenvalue weighted by Gasteiger charge is 2.21. The van der Waals surface area contributed by atoms with Crippen molar-refractivity contribution < 1.29 is 14.3 Å². The molecule has 0 saturated carbocycles. The molecule has 23 heavy (non-hydrogen) atoms. The molecule has 0 aliphatic carbocycles. The molecule has 0 spiro atoms. The van der Waals surface area contributed by atoms with Gasteiger partial charge in [0.05, 0.1) is 6.42 Å². The van der Waals surface area contributed by atoms with Crippen molar-refractivity contribution in [3.63, 3.8) is 0 Å². The molecule has 120 valence electrons. The topological polar surface area (TPSA) is 43.8 Å². The monoisotopic (exact) mass is 314 g/mol. The molecule has 2 aromatic carbocycles. The zero-order chi connectivity index (χ0) is 16.2. The van der Waals surface area contributed by atoms with Gasteiger partial charge in [0.1, 0.15) is 11.6 Å². The molecule has 1 aliphatic heterocycles. The summed E-state index contributed by atoms with van der Waals surface area (Å²) >= 11 is 0. The van der Waals surface area contributed by atoms with E-state index in [2.05, 4.69) is 4.90 Å². The van der Waals surface area contributed by atoms with Crippen molar-refractivity contribution in [3.05, 3.63) is 59.9 Å². The van der Waals surface area contributed by atoms with Gasteiger partial charge in [0.25, 0.3) is 0 Å². The molecule has 2 aromatic rings. The molecule has 1 amide bonds. The first kappa shape index (κ1) is 15.3. The van der Waals surface area contributed by atoms with Crippen LogP contribution in [-0.4, -0.2) is 42.1 Å². The second-order valence-electron chi connectivity index (χ2n) is 5.69. The highest BCUT2D eigenvalue weighted by atomic mass is 19.1. The molecule has 0 aromatic heterocycles. The SMILES string of the molecule is O=C(Cc1ccc(F)cc1)N1CCN(c2ccc(O)cc2)CC1. The van der Waals surface area contributed by atoms with Crippen LogP contribution >= 0.6 is 0 Å². The van der Waals surface area contributed by atoms with Crippen LogP contribution in [0.2, 0.25) is 0 Å². The fourth-order valence-corrected chi connectivity index (χ4v) is 2.77. The first-order chi connectivity index (χ1) is 11.1. The second-order valence-corrected chi connectivity index (χ2v) is 5.69. The van der Waals surface area contributed by atoms with E-state index in [1.54, 1.807) is 24.3 Å². The molecule has 1 aliphatic rings. The predicted molar refractivity (Wildman–Crippen MR) is 87.0 cm³/mol. The Hall–Kier alpha value is -2.56. The predicted octanol–water partition coefficient (Wildman–Crippen LogP) is 2.42. The third-order valence-electron chi connectivity index (χ3n) is 4.12. The van der Waals surface area contributed by atoms with Crippen molar-refractivity contribution in [1.29, 1.82) is 0 Å². The number of amides is 1. The van der Waals surface area contributed by atoms with Crippen LogP contribution in [0.1, 0.15) is 5.56 Å². The van der Waals surface area contributed by atoms with Gasteiger partial charge in [0, 0.05) is 31.9 Å². The van der Waals surface area contributed by atoms with Crippen molar-refractivity contribution in [1.82, 2.24) is 4.90 Å². The number of benzene rings is 2. The molecule has 1 saturated heterocycles. The van der Waals surface area contributed by atoms with Crippen molar-refractivity contribution in [2.75, 3.05) is 31.1 Å². The summed E-state index contributed by atoms with van der Waals surface area (Å²) in [5, 5.41) is 9.33. The lowest BCUT2D eigenvalue weighted by Crippen LogP contribution is -2.49. The summed E-state index contributed by atoms with van der Waals surface area (Å²) in [6.07, 6.45) is 0.305. The van der Waals surface area contributed by atoms with Gasteiger partial charge >= 0.3 is 0 Å². The van der Waals surface area contributed by atoms with E-state index < -0.39 is 0 Å². The van der Waals surface area contributed by atoms with Crippen LogP contribution in [0.25, 0.3) is 0 Å². The standard InChI is InChI=1S/C18H19FN2O2/c19-15-3-1-14(2-4-15)13-18(23)21-11-9-20(10-12-21)16-5-7-17(22)8-6-16/h1-8,22H,9-13H2. The van der Waals surface area contributed by atoms with Gasteiger partial charge in [-0.1, -0.05) is 12.1 Å². The third kappa shape index (κ3) is 3.80. The second kappa shape index (κ2) is 6.69. The molecule has 0 atom stereocenters. The van der Waals surface area contributed by atoms with Gasteiger partial charge in [-0.15, -0.1) is 0 Å². The van der Waals surface area contributed by atoms with Crippen LogP contribution < -0.4 is 4.90 Å². The Kier molecular flexibility index (Phi) is 4.46. The largest absolute Gasteiger partial charge is 0.508 e. The third-order valence-corrected chi connectivity index (χ3v) is 4.12. The van der Waals surface area contributed by atoms with Crippen molar-refractivity contribution in [3.8, 4) is 5.75 Å². The first-order valence-electron chi connectivity index (χ1n) is 7.68. The average Bonchev–Trinajstić information content (AvgIpc) is 2.58. The average molecular weight is 314 g/mol. The van der Waals surface area contributed by atoms with Crippen molar-refractivity contribution in [2.24, 2.45) is 0 Å². The molecule has 4 nitrogen and oxygen atoms in total. The summed E-state index contributed by atoms with van der Waals surface area (Å²) in [7, 11) is 0. The Bertz CT molecular complexity index is 662. The van der Waals surface area contributed by atoms with Crippen LogP contribution in [-0.2, 0) is 11.2 Å². The number of hydrogen-bond donors (Lipinski definition) is 1. The lowest BCUT2D eigenvalue weighted by Gasteiger charge is -2.36. The Morgan fingerprint density at radius 3 is 2.17 bits per heavy atom. The number of nitrogens with zero attached hydrogens (tertiary/aromatic N) is 2. The van der Waals surface area contributed by atoms with Crippen molar-refractivity contribution in [2.45, 2.75) is 6.42 Å². The number of piperazine rings is 1. The van der Waals surface area contributed by atoms with E-state index in [0.29, 0.717) is 19.5 Å². The zero-order valence-corrected chi connectivity index (χ0v) is 12.8. The maximum atomic E-state index is 12.9. The molecule has 0 bridgehead atoms. The van der Waals surface area contributed by atoms with Gasteiger partial charge in [-0.25, -0.2) is 4.39 Å². The number of phenols is 1. The lowest BCUT2D eigenvalue weighted by atomic mass is 10.1. The Morgan fingerprint density at radius 1 is 0.957 bits per heavy atom. The number of phenolic OH excluding ortho intramolecular Hbond substituents is 1. The van der Waals surface area contributed by atoms with E-state index in [9.17, 15) is 14.3 Å². The number of hydrogen-bond acceptors (Lipinski definition) is 3. The van der Waals surface area contributed by atoms with Gasteiger partial charge in [-0.3, -0.25) is 4.79 Å². The van der Waals surface area contributed by atoms with Gasteiger partial charge in [0.15, 0.2) is 0 Å². The molecule has 1 heterocycles. The highest BCUT2D eigenvalue weighted by Crippen LogP contribution is 2.20. The van der Waals surface area contributed by atoms with E-state index in [1.807, 2.05) is 17.0 Å². The quantitative estimate of drug-likeness (QED) is 0.946. The van der Waals surface area contributed by atoms with Gasteiger partial charge in [0.2, 0.25) is 5.91 Å². The minimum Gasteiger partial charge on any atom is -0.508 e. The number of carbonyl (C=O) groups excluding carboxylic acids is 1. The molecule has 0 unspecified atom stereocenters. The summed E-state index contributed by atoms with van der Waals surface area (Å²) in [5.41, 5.74) is 1.88. The summed E-state index contributed by atoms with van der Waals surface area (Å²) in [6.45, 7) is 2.86. The van der Waals surface area contributed by atoms with Gasteiger partial charge < -0.3 is 14.9 Å². The summed E-state index contributed by atoms with van der Waals surface area (Å²) in [6, 6.07) is 13.2. The molecule has 5 heteroatoms. The highest BCUT2D eigenvalue weighted by molar-refractivity contribution is 5.79. The summed E-state index contributed by atoms with van der Waals surface area (Å²) in [5.74, 6) is 0.0348. The number of anilines is 1. The lowest BCUT2D eigenvalue weighted by molar-refractivity contribution is -0.130. The molecule has 1 N–H and O–H groups in total. The molecular formula is C18H19FN2O2.